The first kappa shape index (κ1) is 15.7. The van der Waals surface area contributed by atoms with E-state index in [2.05, 4.69) is 4.74 Å². The Kier molecular flexibility index (Phi) is 4.77. The Bertz CT molecular complexity index is 503. The highest BCUT2D eigenvalue weighted by atomic mass is 19.3. The average molecular weight is 299 g/mol. The second kappa shape index (κ2) is 6.39. The van der Waals surface area contributed by atoms with Crippen LogP contribution in [0.4, 0.5) is 8.78 Å². The lowest BCUT2D eigenvalue weighted by Crippen LogP contribution is -2.44. The number of carboxylic acid groups (broad SMARTS) is 1. The van der Waals surface area contributed by atoms with Crippen LogP contribution in [0.3, 0.4) is 0 Å². The summed E-state index contributed by atoms with van der Waals surface area (Å²) in [6, 6.07) is 6.44. The lowest BCUT2D eigenvalue weighted by atomic mass is 9.86. The van der Waals surface area contributed by atoms with E-state index in [1.54, 1.807) is 25.1 Å². The van der Waals surface area contributed by atoms with Crippen LogP contribution in [0.2, 0.25) is 0 Å². The Labute approximate surface area is 122 Å². The smallest absolute Gasteiger partial charge is 0.387 e. The molecule has 1 N–H and O–H groups in total. The van der Waals surface area contributed by atoms with Crippen LogP contribution in [0.1, 0.15) is 31.7 Å². The lowest BCUT2D eigenvalue weighted by Gasteiger charge is -2.39. The molecule has 0 bridgehead atoms. The summed E-state index contributed by atoms with van der Waals surface area (Å²) in [4.78, 5) is 13.3. The summed E-state index contributed by atoms with van der Waals surface area (Å²) < 4.78 is 29.7. The fraction of sp³-hybridized carbons (Fsp3) is 0.533. The second-order valence-corrected chi connectivity index (χ2v) is 5.41. The normalized spacial score (nSPS) is 18.7. The Morgan fingerprint density at radius 1 is 1.38 bits per heavy atom. The number of nitrogens with zero attached hydrogens (tertiary/aromatic N) is 1. The number of halogens is 2. The van der Waals surface area contributed by atoms with E-state index in [-0.39, 0.29) is 12.2 Å². The third-order valence-corrected chi connectivity index (χ3v) is 3.98. The molecule has 0 radical (unpaired) electrons. The van der Waals surface area contributed by atoms with Crippen LogP contribution >= 0.6 is 0 Å². The average Bonchev–Trinajstić information content (AvgIpc) is 2.92. The summed E-state index contributed by atoms with van der Waals surface area (Å²) in [5.41, 5.74) is -0.358. The molecular formula is C15H19F2NO3. The zero-order valence-electron chi connectivity index (χ0n) is 11.9. The summed E-state index contributed by atoms with van der Waals surface area (Å²) in [5.74, 6) is -0.917. The van der Waals surface area contributed by atoms with Crippen LogP contribution in [-0.4, -0.2) is 35.7 Å². The van der Waals surface area contributed by atoms with Gasteiger partial charge >= 0.3 is 12.6 Å². The zero-order chi connectivity index (χ0) is 15.5. The van der Waals surface area contributed by atoms with Crippen LogP contribution in [0.15, 0.2) is 24.3 Å². The molecular weight excluding hydrogens is 280 g/mol. The molecule has 1 unspecified atom stereocenters. The Morgan fingerprint density at radius 2 is 2.00 bits per heavy atom. The van der Waals surface area contributed by atoms with Gasteiger partial charge in [-0.25, -0.2) is 0 Å². The summed E-state index contributed by atoms with van der Waals surface area (Å²) >= 11 is 0. The predicted molar refractivity (Wildman–Crippen MR) is 73.5 cm³/mol. The third kappa shape index (κ3) is 3.50. The van der Waals surface area contributed by atoms with Crippen LogP contribution in [0.25, 0.3) is 0 Å². The summed E-state index contributed by atoms with van der Waals surface area (Å²) in [6.07, 6.45) is 1.80. The van der Waals surface area contributed by atoms with E-state index in [1.165, 1.54) is 6.07 Å². The van der Waals surface area contributed by atoms with Crippen molar-refractivity contribution in [2.24, 2.45) is 0 Å². The number of carbonyl (C=O) groups is 1. The monoisotopic (exact) mass is 299 g/mol. The van der Waals surface area contributed by atoms with Gasteiger partial charge in [-0.3, -0.25) is 9.69 Å². The van der Waals surface area contributed by atoms with Gasteiger partial charge in [0.2, 0.25) is 0 Å². The van der Waals surface area contributed by atoms with E-state index in [1.807, 2.05) is 4.90 Å². The molecule has 1 aromatic rings. The van der Waals surface area contributed by atoms with Crippen LogP contribution < -0.4 is 4.74 Å². The van der Waals surface area contributed by atoms with Crippen molar-refractivity contribution in [2.75, 3.05) is 13.1 Å². The van der Waals surface area contributed by atoms with Gasteiger partial charge in [0.25, 0.3) is 0 Å². The highest BCUT2D eigenvalue weighted by Gasteiger charge is 2.39. The molecule has 0 amide bonds. The number of rotatable bonds is 6. The van der Waals surface area contributed by atoms with Crippen molar-refractivity contribution in [2.45, 2.75) is 38.3 Å². The van der Waals surface area contributed by atoms with Crippen LogP contribution in [0.5, 0.6) is 5.75 Å². The number of hydrogen-bond donors (Lipinski definition) is 1. The van der Waals surface area contributed by atoms with Crippen molar-refractivity contribution >= 4 is 5.97 Å². The highest BCUT2D eigenvalue weighted by molar-refractivity contribution is 5.69. The maximum absolute atomic E-state index is 12.6. The van der Waals surface area contributed by atoms with Crippen LogP contribution in [0, 0.1) is 0 Å². The molecule has 1 aliphatic rings. The quantitative estimate of drug-likeness (QED) is 0.877. The zero-order valence-corrected chi connectivity index (χ0v) is 11.9. The van der Waals surface area contributed by atoms with Gasteiger partial charge in [-0.1, -0.05) is 18.2 Å². The molecule has 116 valence electrons. The fourth-order valence-corrected chi connectivity index (χ4v) is 2.99. The molecule has 1 aliphatic heterocycles. The van der Waals surface area contributed by atoms with Gasteiger partial charge in [0.05, 0.1) is 12.0 Å². The van der Waals surface area contributed by atoms with Gasteiger partial charge in [-0.15, -0.1) is 0 Å². The van der Waals surface area contributed by atoms with Crippen molar-refractivity contribution in [3.05, 3.63) is 29.8 Å². The molecule has 1 saturated heterocycles. The Balaban J connectivity index is 2.42. The molecule has 0 spiro atoms. The molecule has 1 atom stereocenters. The number of benzene rings is 1. The largest absolute Gasteiger partial charge is 0.481 e. The Hall–Kier alpha value is -1.69. The maximum atomic E-state index is 12.6. The molecule has 6 heteroatoms. The number of para-hydroxylation sites is 1. The fourth-order valence-electron chi connectivity index (χ4n) is 2.99. The maximum Gasteiger partial charge on any atom is 0.387 e. The predicted octanol–water partition coefficient (Wildman–Crippen LogP) is 3.07. The van der Waals surface area contributed by atoms with Gasteiger partial charge in [-0.05, 0) is 38.9 Å². The van der Waals surface area contributed by atoms with Gasteiger partial charge in [0.15, 0.2) is 0 Å². The number of likely N-dealkylation sites (tertiary alicyclic amines) is 1. The topological polar surface area (TPSA) is 49.8 Å². The van der Waals surface area contributed by atoms with Gasteiger partial charge in [-0.2, -0.15) is 8.78 Å². The molecule has 4 nitrogen and oxygen atoms in total. The van der Waals surface area contributed by atoms with E-state index >= 15 is 0 Å². The minimum absolute atomic E-state index is 0.0446. The molecule has 0 aromatic heterocycles. The minimum Gasteiger partial charge on any atom is -0.481 e. The number of alkyl halides is 2. The minimum atomic E-state index is -2.93. The lowest BCUT2D eigenvalue weighted by molar-refractivity contribution is -0.140. The van der Waals surface area contributed by atoms with E-state index in [0.29, 0.717) is 5.56 Å². The number of hydrogen-bond acceptors (Lipinski definition) is 3. The number of ether oxygens (including phenoxy) is 1. The number of carboxylic acids is 1. The van der Waals surface area contributed by atoms with Crippen molar-refractivity contribution in [3.8, 4) is 5.75 Å². The number of aliphatic carboxylic acids is 1. The molecule has 21 heavy (non-hydrogen) atoms. The van der Waals surface area contributed by atoms with Crippen LogP contribution in [-0.2, 0) is 10.3 Å². The second-order valence-electron chi connectivity index (χ2n) is 5.41. The van der Waals surface area contributed by atoms with E-state index < -0.39 is 18.1 Å². The van der Waals surface area contributed by atoms with Gasteiger partial charge in [0, 0.05) is 5.56 Å². The van der Waals surface area contributed by atoms with Crippen molar-refractivity contribution in [1.29, 1.82) is 0 Å². The molecule has 2 rings (SSSR count). The standard InChI is InChI=1S/C15H19F2NO3/c1-15(10-13(19)20,18-8-4-5-9-18)11-6-2-3-7-12(11)21-14(16)17/h2-3,6-7,14H,4-5,8-10H2,1H3,(H,19,20). The van der Waals surface area contributed by atoms with E-state index in [4.69, 9.17) is 0 Å². The van der Waals surface area contributed by atoms with Crippen molar-refractivity contribution in [3.63, 3.8) is 0 Å². The molecule has 1 heterocycles. The Morgan fingerprint density at radius 3 is 2.57 bits per heavy atom. The van der Waals surface area contributed by atoms with Crippen molar-refractivity contribution in [1.82, 2.24) is 4.90 Å². The first-order chi connectivity index (χ1) is 9.93. The summed E-state index contributed by atoms with van der Waals surface area (Å²) in [7, 11) is 0. The van der Waals surface area contributed by atoms with E-state index in [9.17, 15) is 18.7 Å². The third-order valence-electron chi connectivity index (χ3n) is 3.98. The van der Waals surface area contributed by atoms with Gasteiger partial charge in [0.1, 0.15) is 5.75 Å². The summed E-state index contributed by atoms with van der Waals surface area (Å²) in [5, 5.41) is 9.23. The highest BCUT2D eigenvalue weighted by Crippen LogP contribution is 2.40. The molecule has 1 aromatic carbocycles. The first-order valence-electron chi connectivity index (χ1n) is 6.94. The molecule has 1 fully saturated rings. The first-order valence-corrected chi connectivity index (χ1v) is 6.94. The van der Waals surface area contributed by atoms with E-state index in [0.717, 1.165) is 25.9 Å². The van der Waals surface area contributed by atoms with Gasteiger partial charge < -0.3 is 9.84 Å². The molecule has 0 aliphatic carbocycles. The molecule has 0 saturated carbocycles. The SMILES string of the molecule is CC(CC(=O)O)(c1ccccc1OC(F)F)N1CCCC1. The summed E-state index contributed by atoms with van der Waals surface area (Å²) in [6.45, 7) is 0.360. The van der Waals surface area contributed by atoms with Crippen molar-refractivity contribution < 1.29 is 23.4 Å².